The van der Waals surface area contributed by atoms with Crippen molar-refractivity contribution in [1.29, 1.82) is 0 Å². The van der Waals surface area contributed by atoms with Crippen molar-refractivity contribution in [2.75, 3.05) is 6.61 Å². The van der Waals surface area contributed by atoms with Crippen LogP contribution in [0.4, 0.5) is 0 Å². The summed E-state index contributed by atoms with van der Waals surface area (Å²) in [5, 5.41) is 0. The molecule has 0 amide bonds. The second-order valence-electron chi connectivity index (χ2n) is 7.62. The number of fused-ring (bicyclic) bond motifs is 5. The summed E-state index contributed by atoms with van der Waals surface area (Å²) in [5.74, 6) is -0.468. The lowest BCUT2D eigenvalue weighted by atomic mass is 9.58. The first-order chi connectivity index (χ1) is 9.91. The van der Waals surface area contributed by atoms with Crippen molar-refractivity contribution in [3.05, 3.63) is 11.1 Å². The lowest BCUT2D eigenvalue weighted by molar-refractivity contribution is -0.173. The van der Waals surface area contributed by atoms with Crippen molar-refractivity contribution in [3.63, 3.8) is 0 Å². The Bertz CT molecular complexity index is 521. The highest BCUT2D eigenvalue weighted by Crippen LogP contribution is 2.57. The second-order valence-corrected chi connectivity index (χ2v) is 7.62. The molecule has 0 bridgehead atoms. The zero-order valence-electron chi connectivity index (χ0n) is 13.1. The van der Waals surface area contributed by atoms with Crippen LogP contribution < -0.4 is 0 Å². The molecule has 0 spiro atoms. The van der Waals surface area contributed by atoms with E-state index in [0.717, 1.165) is 12.8 Å². The molecule has 0 unspecified atom stereocenters. The first-order valence-electron chi connectivity index (χ1n) is 8.14. The van der Waals surface area contributed by atoms with Gasteiger partial charge in [-0.05, 0) is 45.1 Å². The summed E-state index contributed by atoms with van der Waals surface area (Å²) < 4.78 is 17.9. The van der Waals surface area contributed by atoms with Gasteiger partial charge in [0, 0.05) is 11.3 Å². The predicted octanol–water partition coefficient (Wildman–Crippen LogP) is 2.96. The Balaban J connectivity index is 1.82. The van der Waals surface area contributed by atoms with Crippen LogP contribution in [-0.4, -0.2) is 30.6 Å². The first kappa shape index (κ1) is 13.8. The summed E-state index contributed by atoms with van der Waals surface area (Å²) in [6.45, 7) is 6.72. The van der Waals surface area contributed by atoms with E-state index in [1.807, 2.05) is 13.8 Å². The van der Waals surface area contributed by atoms with Crippen LogP contribution in [0.25, 0.3) is 0 Å². The van der Waals surface area contributed by atoms with Crippen LogP contribution in [0.3, 0.4) is 0 Å². The van der Waals surface area contributed by atoms with E-state index in [1.54, 1.807) is 0 Å². The Morgan fingerprint density at radius 3 is 2.67 bits per heavy atom. The molecule has 2 aliphatic heterocycles. The normalized spacial score (nSPS) is 44.7. The summed E-state index contributed by atoms with van der Waals surface area (Å²) in [7, 11) is 0. The van der Waals surface area contributed by atoms with E-state index in [-0.39, 0.29) is 29.5 Å². The Hall–Kier alpha value is -0.870. The molecule has 0 aromatic rings. The van der Waals surface area contributed by atoms with Crippen molar-refractivity contribution in [1.82, 2.24) is 0 Å². The molecule has 0 radical (unpaired) electrons. The average Bonchev–Trinajstić information content (AvgIpc) is 2.77. The maximum absolute atomic E-state index is 11.8. The zero-order valence-corrected chi connectivity index (χ0v) is 13.1. The van der Waals surface area contributed by atoms with Gasteiger partial charge in [0.25, 0.3) is 0 Å². The fourth-order valence-corrected chi connectivity index (χ4v) is 4.84. The first-order valence-corrected chi connectivity index (χ1v) is 8.14. The van der Waals surface area contributed by atoms with Crippen LogP contribution in [0, 0.1) is 11.3 Å². The van der Waals surface area contributed by atoms with Gasteiger partial charge < -0.3 is 14.2 Å². The molecule has 2 aliphatic carbocycles. The molecule has 2 saturated heterocycles. The van der Waals surface area contributed by atoms with Gasteiger partial charge in [-0.2, -0.15) is 0 Å². The third kappa shape index (κ3) is 1.92. The van der Waals surface area contributed by atoms with Crippen LogP contribution in [0.1, 0.15) is 52.9 Å². The highest BCUT2D eigenvalue weighted by Gasteiger charge is 2.59. The number of hydrogen-bond acceptors (Lipinski definition) is 4. The molecular weight excluding hydrogens is 268 g/mol. The molecule has 0 aromatic heterocycles. The number of cyclic esters (lactones) is 1. The number of esters is 1. The maximum Gasteiger partial charge on any atom is 0.306 e. The SMILES string of the molecule is CC1(C)O[C@@H]2[C@H](O1)C1=C(CCCC1)[C@@]1(C)COC(=O)C[C@@H]21. The molecule has 2 heterocycles. The van der Waals surface area contributed by atoms with Gasteiger partial charge in [0.05, 0.1) is 12.5 Å². The van der Waals surface area contributed by atoms with E-state index >= 15 is 0 Å². The fourth-order valence-electron chi connectivity index (χ4n) is 4.84. The minimum absolute atomic E-state index is 0.00491. The van der Waals surface area contributed by atoms with Crippen molar-refractivity contribution >= 4 is 5.97 Å². The molecule has 0 saturated carbocycles. The van der Waals surface area contributed by atoms with E-state index in [9.17, 15) is 4.79 Å². The maximum atomic E-state index is 11.8. The van der Waals surface area contributed by atoms with Gasteiger partial charge >= 0.3 is 5.97 Å². The van der Waals surface area contributed by atoms with Crippen LogP contribution >= 0.6 is 0 Å². The van der Waals surface area contributed by atoms with Gasteiger partial charge in [-0.25, -0.2) is 0 Å². The van der Waals surface area contributed by atoms with E-state index < -0.39 is 5.79 Å². The summed E-state index contributed by atoms with van der Waals surface area (Å²) in [5.41, 5.74) is 2.87. The van der Waals surface area contributed by atoms with E-state index in [2.05, 4.69) is 6.92 Å². The second kappa shape index (κ2) is 4.32. The van der Waals surface area contributed by atoms with E-state index in [4.69, 9.17) is 14.2 Å². The van der Waals surface area contributed by atoms with Gasteiger partial charge in [-0.15, -0.1) is 0 Å². The van der Waals surface area contributed by atoms with E-state index in [0.29, 0.717) is 13.0 Å². The molecule has 116 valence electrons. The standard InChI is InChI=1S/C17H24O4/c1-16(2)20-14-10-6-4-5-7-11(10)17(3)9-19-13(18)8-12(17)15(14)21-16/h12,14-15H,4-9H2,1-3H3/t12-,14+,15-,17+/m0/s1. The zero-order chi connectivity index (χ0) is 14.8. The van der Waals surface area contributed by atoms with Crippen molar-refractivity contribution in [2.24, 2.45) is 11.3 Å². The molecule has 4 heteroatoms. The van der Waals surface area contributed by atoms with E-state index in [1.165, 1.54) is 24.0 Å². The third-order valence-corrected chi connectivity index (χ3v) is 5.81. The molecular formula is C17H24O4. The van der Waals surface area contributed by atoms with Gasteiger partial charge in [-0.1, -0.05) is 12.5 Å². The Morgan fingerprint density at radius 1 is 1.10 bits per heavy atom. The molecule has 0 aromatic carbocycles. The average molecular weight is 292 g/mol. The predicted molar refractivity (Wildman–Crippen MR) is 76.5 cm³/mol. The topological polar surface area (TPSA) is 44.8 Å². The lowest BCUT2D eigenvalue weighted by Gasteiger charge is -2.51. The van der Waals surface area contributed by atoms with Crippen molar-refractivity contribution in [2.45, 2.75) is 70.9 Å². The summed E-state index contributed by atoms with van der Waals surface area (Å²) in [6, 6.07) is 0. The molecule has 4 nitrogen and oxygen atoms in total. The molecule has 4 rings (SSSR count). The highest BCUT2D eigenvalue weighted by atomic mass is 16.8. The molecule has 21 heavy (non-hydrogen) atoms. The monoisotopic (exact) mass is 292 g/mol. The minimum atomic E-state index is -0.558. The highest BCUT2D eigenvalue weighted by molar-refractivity contribution is 5.71. The molecule has 2 fully saturated rings. The van der Waals surface area contributed by atoms with Gasteiger partial charge in [0.15, 0.2) is 5.79 Å². The molecule has 4 aliphatic rings. The van der Waals surface area contributed by atoms with Crippen LogP contribution in [-0.2, 0) is 19.0 Å². The summed E-state index contributed by atoms with van der Waals surface area (Å²) in [6.07, 6.45) is 5.17. The number of carbonyl (C=O) groups is 1. The smallest absolute Gasteiger partial charge is 0.306 e. The number of hydrogen-bond donors (Lipinski definition) is 0. The third-order valence-electron chi connectivity index (χ3n) is 5.81. The summed E-state index contributed by atoms with van der Waals surface area (Å²) >= 11 is 0. The van der Waals surface area contributed by atoms with Crippen LogP contribution in [0.2, 0.25) is 0 Å². The number of ether oxygens (including phenoxy) is 3. The largest absolute Gasteiger partial charge is 0.465 e. The summed E-state index contributed by atoms with van der Waals surface area (Å²) in [4.78, 5) is 11.8. The lowest BCUT2D eigenvalue weighted by Crippen LogP contribution is -2.54. The number of rotatable bonds is 0. The van der Waals surface area contributed by atoms with Crippen molar-refractivity contribution in [3.8, 4) is 0 Å². The molecule has 0 N–H and O–H groups in total. The quantitative estimate of drug-likeness (QED) is 0.508. The van der Waals surface area contributed by atoms with Gasteiger partial charge in [0.1, 0.15) is 12.7 Å². The van der Waals surface area contributed by atoms with Gasteiger partial charge in [-0.3, -0.25) is 4.79 Å². The Labute approximate surface area is 125 Å². The minimum Gasteiger partial charge on any atom is -0.465 e. The van der Waals surface area contributed by atoms with Crippen molar-refractivity contribution < 1.29 is 19.0 Å². The van der Waals surface area contributed by atoms with Crippen LogP contribution in [0.5, 0.6) is 0 Å². The fraction of sp³-hybridized carbons (Fsp3) is 0.824. The Kier molecular flexibility index (Phi) is 2.84. The van der Waals surface area contributed by atoms with Gasteiger partial charge in [0.2, 0.25) is 0 Å². The van der Waals surface area contributed by atoms with Crippen LogP contribution in [0.15, 0.2) is 11.1 Å². The molecule has 4 atom stereocenters. The number of carbonyl (C=O) groups excluding carboxylic acids is 1. The Morgan fingerprint density at radius 2 is 1.86 bits per heavy atom.